The van der Waals surface area contributed by atoms with Crippen LogP contribution < -0.4 is 4.74 Å². The zero-order valence-corrected chi connectivity index (χ0v) is 18.7. The fourth-order valence-electron chi connectivity index (χ4n) is 3.78. The van der Waals surface area contributed by atoms with Crippen LogP contribution in [0, 0.1) is 0 Å². The molecular formula is C25H32N2O4. The fourth-order valence-corrected chi connectivity index (χ4v) is 3.78. The van der Waals surface area contributed by atoms with Gasteiger partial charge >= 0.3 is 0 Å². The molecule has 6 nitrogen and oxygen atoms in total. The minimum Gasteiger partial charge on any atom is -0.490 e. The number of piperazine rings is 1. The Morgan fingerprint density at radius 2 is 1.48 bits per heavy atom. The number of nitrogens with zero attached hydrogens (tertiary/aromatic N) is 2. The molecule has 0 aliphatic carbocycles. The highest BCUT2D eigenvalue weighted by molar-refractivity contribution is 5.97. The lowest BCUT2D eigenvalue weighted by Crippen LogP contribution is -2.54. The molecule has 2 aromatic carbocycles. The van der Waals surface area contributed by atoms with Crippen molar-refractivity contribution in [2.75, 3.05) is 46.0 Å². The lowest BCUT2D eigenvalue weighted by atomic mass is 9.83. The maximum Gasteiger partial charge on any atom is 0.257 e. The Hall–Kier alpha value is -2.86. The van der Waals surface area contributed by atoms with Crippen molar-refractivity contribution in [3.05, 3.63) is 65.7 Å². The molecule has 1 heterocycles. The summed E-state index contributed by atoms with van der Waals surface area (Å²) in [6, 6.07) is 17.1. The van der Waals surface area contributed by atoms with Crippen molar-refractivity contribution in [2.45, 2.75) is 26.2 Å². The average Bonchev–Trinajstić information content (AvgIpc) is 2.82. The van der Waals surface area contributed by atoms with Gasteiger partial charge in [0.15, 0.2) is 0 Å². The van der Waals surface area contributed by atoms with Crippen molar-refractivity contribution in [3.63, 3.8) is 0 Å². The zero-order chi connectivity index (χ0) is 22.3. The first-order chi connectivity index (χ1) is 14.9. The number of rotatable bonds is 8. The first-order valence-electron chi connectivity index (χ1n) is 10.9. The van der Waals surface area contributed by atoms with Gasteiger partial charge in [0.1, 0.15) is 12.4 Å². The van der Waals surface area contributed by atoms with Crippen molar-refractivity contribution < 1.29 is 19.1 Å². The summed E-state index contributed by atoms with van der Waals surface area (Å²) >= 11 is 0. The molecule has 0 aromatic heterocycles. The number of hydrogen-bond acceptors (Lipinski definition) is 4. The second-order valence-electron chi connectivity index (χ2n) is 8.12. The van der Waals surface area contributed by atoms with Crippen molar-refractivity contribution in [2.24, 2.45) is 0 Å². The minimum absolute atomic E-state index is 0.0681. The van der Waals surface area contributed by atoms with Crippen molar-refractivity contribution >= 4 is 11.8 Å². The predicted molar refractivity (Wildman–Crippen MR) is 120 cm³/mol. The van der Waals surface area contributed by atoms with Gasteiger partial charge in [-0.1, -0.05) is 42.5 Å². The van der Waals surface area contributed by atoms with Gasteiger partial charge in [0.25, 0.3) is 5.91 Å². The molecule has 166 valence electrons. The summed E-state index contributed by atoms with van der Waals surface area (Å²) in [6.07, 6.45) is 0. The van der Waals surface area contributed by atoms with Crippen LogP contribution in [0.4, 0.5) is 0 Å². The first-order valence-corrected chi connectivity index (χ1v) is 10.9. The summed E-state index contributed by atoms with van der Waals surface area (Å²) in [5.41, 5.74) is 0.939. The Morgan fingerprint density at radius 3 is 2.16 bits per heavy atom. The summed E-state index contributed by atoms with van der Waals surface area (Å²) in [4.78, 5) is 30.0. The van der Waals surface area contributed by atoms with Gasteiger partial charge in [-0.15, -0.1) is 0 Å². The molecule has 0 atom stereocenters. The van der Waals surface area contributed by atoms with Crippen LogP contribution in [0.2, 0.25) is 0 Å². The molecule has 0 spiro atoms. The topological polar surface area (TPSA) is 59.1 Å². The van der Waals surface area contributed by atoms with Gasteiger partial charge < -0.3 is 19.3 Å². The zero-order valence-electron chi connectivity index (χ0n) is 18.7. The van der Waals surface area contributed by atoms with Gasteiger partial charge in [0.05, 0.1) is 17.6 Å². The minimum atomic E-state index is -0.603. The molecule has 1 aliphatic rings. The van der Waals surface area contributed by atoms with Crippen molar-refractivity contribution in [1.29, 1.82) is 0 Å². The lowest BCUT2D eigenvalue weighted by molar-refractivity contribution is -0.137. The number of benzene rings is 2. The quantitative estimate of drug-likeness (QED) is 0.610. The summed E-state index contributed by atoms with van der Waals surface area (Å²) in [7, 11) is 0. The summed E-state index contributed by atoms with van der Waals surface area (Å²) in [5, 5.41) is 0. The van der Waals surface area contributed by atoms with Crippen molar-refractivity contribution in [3.8, 4) is 5.75 Å². The Balaban J connectivity index is 1.61. The maximum absolute atomic E-state index is 13.2. The summed E-state index contributed by atoms with van der Waals surface area (Å²) < 4.78 is 11.1. The van der Waals surface area contributed by atoms with Crippen LogP contribution in [-0.2, 0) is 14.9 Å². The molecule has 31 heavy (non-hydrogen) atoms. The van der Waals surface area contributed by atoms with Crippen LogP contribution in [0.15, 0.2) is 54.6 Å². The third-order valence-electron chi connectivity index (χ3n) is 5.69. The van der Waals surface area contributed by atoms with E-state index in [4.69, 9.17) is 9.47 Å². The standard InChI is InChI=1S/C25H32N2O4/c1-4-30-18-19-31-22-13-9-8-12-21(22)23(28)26-14-16-27(17-15-26)24(29)25(2,3)20-10-6-5-7-11-20/h5-13H,4,14-19H2,1-3H3. The fraction of sp³-hybridized carbons (Fsp3) is 0.440. The molecule has 1 saturated heterocycles. The lowest BCUT2D eigenvalue weighted by Gasteiger charge is -2.39. The average molecular weight is 425 g/mol. The van der Waals surface area contributed by atoms with Crippen LogP contribution in [-0.4, -0.2) is 67.6 Å². The van der Waals surface area contributed by atoms with Gasteiger partial charge in [-0.2, -0.15) is 0 Å². The highest BCUT2D eigenvalue weighted by atomic mass is 16.5. The number of ether oxygens (including phenoxy) is 2. The Morgan fingerprint density at radius 1 is 0.871 bits per heavy atom. The Bertz CT molecular complexity index is 874. The highest BCUT2D eigenvalue weighted by Gasteiger charge is 2.36. The molecule has 6 heteroatoms. The molecule has 2 amide bonds. The van der Waals surface area contributed by atoms with E-state index < -0.39 is 5.41 Å². The van der Waals surface area contributed by atoms with Gasteiger partial charge in [-0.3, -0.25) is 9.59 Å². The second kappa shape index (κ2) is 10.4. The molecule has 0 saturated carbocycles. The molecule has 0 bridgehead atoms. The first kappa shape index (κ1) is 22.8. The van der Waals surface area contributed by atoms with E-state index in [1.807, 2.05) is 68.1 Å². The van der Waals surface area contributed by atoms with Crippen molar-refractivity contribution in [1.82, 2.24) is 9.80 Å². The van der Waals surface area contributed by atoms with E-state index in [0.717, 1.165) is 5.56 Å². The van der Waals surface area contributed by atoms with E-state index in [-0.39, 0.29) is 11.8 Å². The third kappa shape index (κ3) is 5.44. The van der Waals surface area contributed by atoms with E-state index >= 15 is 0 Å². The monoisotopic (exact) mass is 424 g/mol. The third-order valence-corrected chi connectivity index (χ3v) is 5.69. The van der Waals surface area contributed by atoms with Crippen LogP contribution in [0.5, 0.6) is 5.75 Å². The van der Waals surface area contributed by atoms with Gasteiger partial charge in [0, 0.05) is 32.8 Å². The molecule has 0 N–H and O–H groups in total. The molecule has 3 rings (SSSR count). The van der Waals surface area contributed by atoms with E-state index in [2.05, 4.69) is 0 Å². The van der Waals surface area contributed by atoms with E-state index in [0.29, 0.717) is 57.3 Å². The number of carbonyl (C=O) groups excluding carboxylic acids is 2. The van der Waals surface area contributed by atoms with Crippen LogP contribution in [0.1, 0.15) is 36.7 Å². The molecule has 0 radical (unpaired) electrons. The predicted octanol–water partition coefficient (Wildman–Crippen LogP) is 3.36. The van der Waals surface area contributed by atoms with E-state index in [9.17, 15) is 9.59 Å². The van der Waals surface area contributed by atoms with Crippen LogP contribution >= 0.6 is 0 Å². The molecule has 2 aromatic rings. The second-order valence-corrected chi connectivity index (χ2v) is 8.12. The van der Waals surface area contributed by atoms with E-state index in [1.54, 1.807) is 17.0 Å². The molecule has 0 unspecified atom stereocenters. The van der Waals surface area contributed by atoms with E-state index in [1.165, 1.54) is 0 Å². The van der Waals surface area contributed by atoms with Crippen LogP contribution in [0.3, 0.4) is 0 Å². The summed E-state index contributed by atoms with van der Waals surface area (Å²) in [5.74, 6) is 0.586. The number of carbonyl (C=O) groups is 2. The SMILES string of the molecule is CCOCCOc1ccccc1C(=O)N1CCN(C(=O)C(C)(C)c2ccccc2)CC1. The van der Waals surface area contributed by atoms with Gasteiger partial charge in [0.2, 0.25) is 5.91 Å². The molecule has 1 fully saturated rings. The number of para-hydroxylation sites is 1. The number of hydrogen-bond donors (Lipinski definition) is 0. The number of amides is 2. The molecular weight excluding hydrogens is 392 g/mol. The Labute approximate surface area is 184 Å². The smallest absolute Gasteiger partial charge is 0.257 e. The normalized spacial score (nSPS) is 14.4. The largest absolute Gasteiger partial charge is 0.490 e. The maximum atomic E-state index is 13.2. The summed E-state index contributed by atoms with van der Waals surface area (Å²) in [6.45, 7) is 9.41. The van der Waals surface area contributed by atoms with Crippen LogP contribution in [0.25, 0.3) is 0 Å². The Kier molecular flexibility index (Phi) is 7.69. The van der Waals surface area contributed by atoms with Gasteiger partial charge in [-0.25, -0.2) is 0 Å². The highest BCUT2D eigenvalue weighted by Crippen LogP contribution is 2.27. The van der Waals surface area contributed by atoms with Gasteiger partial charge in [-0.05, 0) is 38.5 Å². The molecule has 1 aliphatic heterocycles.